The number of hydrazine groups is 1. The zero-order valence-corrected chi connectivity index (χ0v) is 10.8. The number of hydrogen-bond donors (Lipinski definition) is 2. The maximum Gasteiger partial charge on any atom is 0.123 e. The van der Waals surface area contributed by atoms with Gasteiger partial charge in [-0.1, -0.05) is 17.7 Å². The Bertz CT molecular complexity index is 342. The molecule has 1 aromatic carbocycles. The number of rotatable bonds is 7. The second-order valence-electron chi connectivity index (χ2n) is 3.95. The molecule has 0 aliphatic rings. The van der Waals surface area contributed by atoms with Crippen LogP contribution in [0.25, 0.3) is 0 Å². The van der Waals surface area contributed by atoms with Crippen molar-refractivity contribution in [2.45, 2.75) is 26.3 Å². The van der Waals surface area contributed by atoms with E-state index in [0.29, 0.717) is 6.61 Å². The van der Waals surface area contributed by atoms with Gasteiger partial charge in [-0.05, 0) is 26.3 Å². The highest BCUT2D eigenvalue weighted by Gasteiger charge is 2.14. The van der Waals surface area contributed by atoms with Crippen LogP contribution < -0.4 is 16.0 Å². The summed E-state index contributed by atoms with van der Waals surface area (Å²) < 4.78 is 10.7. The first-order valence-electron chi connectivity index (χ1n) is 5.91. The van der Waals surface area contributed by atoms with Crippen LogP contribution in [0.2, 0.25) is 0 Å². The molecule has 0 bridgehead atoms. The predicted molar refractivity (Wildman–Crippen MR) is 68.9 cm³/mol. The van der Waals surface area contributed by atoms with E-state index in [1.807, 2.05) is 19.1 Å². The molecule has 0 radical (unpaired) electrons. The molecule has 0 spiro atoms. The minimum absolute atomic E-state index is 0.0522. The molecular formula is C13H22N2O2. The lowest BCUT2D eigenvalue weighted by atomic mass is 10.0. The third-order valence-corrected chi connectivity index (χ3v) is 2.72. The summed E-state index contributed by atoms with van der Waals surface area (Å²) in [5.41, 5.74) is 5.09. The lowest BCUT2D eigenvalue weighted by molar-refractivity contribution is 0.136. The number of hydrogen-bond acceptors (Lipinski definition) is 4. The molecule has 1 atom stereocenters. The van der Waals surface area contributed by atoms with Crippen molar-refractivity contribution in [3.8, 4) is 5.75 Å². The van der Waals surface area contributed by atoms with E-state index in [-0.39, 0.29) is 6.04 Å². The van der Waals surface area contributed by atoms with Gasteiger partial charge in [0.2, 0.25) is 0 Å². The summed E-state index contributed by atoms with van der Waals surface area (Å²) in [5.74, 6) is 6.46. The fraction of sp³-hybridized carbons (Fsp3) is 0.538. The molecule has 1 aromatic rings. The average Bonchev–Trinajstić information content (AvgIpc) is 2.35. The molecule has 0 heterocycles. The van der Waals surface area contributed by atoms with E-state index in [4.69, 9.17) is 15.3 Å². The molecule has 1 unspecified atom stereocenters. The topological polar surface area (TPSA) is 56.5 Å². The van der Waals surface area contributed by atoms with Crippen LogP contribution in [0.15, 0.2) is 18.2 Å². The number of nitrogens with one attached hydrogen (secondary N) is 1. The van der Waals surface area contributed by atoms with Crippen LogP contribution in [0.5, 0.6) is 5.75 Å². The van der Waals surface area contributed by atoms with Gasteiger partial charge < -0.3 is 9.47 Å². The molecule has 0 aliphatic heterocycles. The first-order chi connectivity index (χ1) is 8.22. The van der Waals surface area contributed by atoms with Crippen LogP contribution in [0.3, 0.4) is 0 Å². The number of aryl methyl sites for hydroxylation is 1. The zero-order chi connectivity index (χ0) is 12.7. The predicted octanol–water partition coefficient (Wildman–Crippen LogP) is 1.93. The monoisotopic (exact) mass is 238 g/mol. The third-order valence-electron chi connectivity index (χ3n) is 2.72. The quantitative estimate of drug-likeness (QED) is 0.433. The standard InChI is InChI=1S/C13H22N2O2/c1-4-17-8-7-12(15-14)11-9-10(2)5-6-13(11)16-3/h5-6,9,12,15H,4,7-8,14H2,1-3H3. The summed E-state index contributed by atoms with van der Waals surface area (Å²) in [5, 5.41) is 0. The fourth-order valence-electron chi connectivity index (χ4n) is 1.80. The second-order valence-corrected chi connectivity index (χ2v) is 3.95. The maximum absolute atomic E-state index is 5.60. The van der Waals surface area contributed by atoms with E-state index >= 15 is 0 Å². The van der Waals surface area contributed by atoms with Crippen molar-refractivity contribution in [1.29, 1.82) is 0 Å². The molecule has 0 saturated carbocycles. The first-order valence-corrected chi connectivity index (χ1v) is 5.91. The van der Waals surface area contributed by atoms with E-state index in [0.717, 1.165) is 24.3 Å². The van der Waals surface area contributed by atoms with E-state index in [1.54, 1.807) is 7.11 Å². The lowest BCUT2D eigenvalue weighted by Crippen LogP contribution is -2.29. The molecule has 0 amide bonds. The molecule has 4 nitrogen and oxygen atoms in total. The van der Waals surface area contributed by atoms with Gasteiger partial charge in [0.1, 0.15) is 5.75 Å². The van der Waals surface area contributed by atoms with Crippen molar-refractivity contribution in [3.05, 3.63) is 29.3 Å². The zero-order valence-electron chi connectivity index (χ0n) is 10.8. The molecule has 4 heteroatoms. The SMILES string of the molecule is CCOCCC(NN)c1cc(C)ccc1OC. The highest BCUT2D eigenvalue weighted by Crippen LogP contribution is 2.27. The van der Waals surface area contributed by atoms with Gasteiger partial charge in [0.05, 0.1) is 13.2 Å². The summed E-state index contributed by atoms with van der Waals surface area (Å²) in [6.45, 7) is 5.45. The average molecular weight is 238 g/mol. The van der Waals surface area contributed by atoms with Crippen molar-refractivity contribution in [3.63, 3.8) is 0 Å². The first kappa shape index (κ1) is 14.0. The Balaban J connectivity index is 2.82. The van der Waals surface area contributed by atoms with Crippen LogP contribution in [0.1, 0.15) is 30.5 Å². The van der Waals surface area contributed by atoms with Gasteiger partial charge in [-0.25, -0.2) is 0 Å². The summed E-state index contributed by atoms with van der Waals surface area (Å²) in [6.07, 6.45) is 0.824. The summed E-state index contributed by atoms with van der Waals surface area (Å²) in [4.78, 5) is 0. The van der Waals surface area contributed by atoms with Crippen molar-refractivity contribution >= 4 is 0 Å². The van der Waals surface area contributed by atoms with Gasteiger partial charge in [0.25, 0.3) is 0 Å². The van der Waals surface area contributed by atoms with Gasteiger partial charge in [0, 0.05) is 18.8 Å². The molecule has 0 saturated heterocycles. The van der Waals surface area contributed by atoms with Crippen molar-refractivity contribution in [2.75, 3.05) is 20.3 Å². The fourth-order valence-corrected chi connectivity index (χ4v) is 1.80. The van der Waals surface area contributed by atoms with Gasteiger partial charge in [0.15, 0.2) is 0 Å². The van der Waals surface area contributed by atoms with Crippen molar-refractivity contribution < 1.29 is 9.47 Å². The maximum atomic E-state index is 5.60. The van der Waals surface area contributed by atoms with Gasteiger partial charge >= 0.3 is 0 Å². The number of benzene rings is 1. The van der Waals surface area contributed by atoms with Crippen LogP contribution in [-0.2, 0) is 4.74 Å². The molecule has 0 aliphatic carbocycles. The van der Waals surface area contributed by atoms with Crippen LogP contribution >= 0.6 is 0 Å². The highest BCUT2D eigenvalue weighted by atomic mass is 16.5. The Hall–Kier alpha value is -1.10. The van der Waals surface area contributed by atoms with E-state index < -0.39 is 0 Å². The molecule has 96 valence electrons. The summed E-state index contributed by atoms with van der Waals surface area (Å²) in [6, 6.07) is 6.14. The second kappa shape index (κ2) is 7.27. The Kier molecular flexibility index (Phi) is 5.97. The van der Waals surface area contributed by atoms with Gasteiger partial charge in [-0.2, -0.15) is 0 Å². The molecule has 0 aromatic heterocycles. The molecule has 0 fully saturated rings. The van der Waals surface area contributed by atoms with E-state index in [2.05, 4.69) is 18.4 Å². The lowest BCUT2D eigenvalue weighted by Gasteiger charge is -2.19. The summed E-state index contributed by atoms with van der Waals surface area (Å²) in [7, 11) is 1.67. The Morgan fingerprint density at radius 1 is 1.41 bits per heavy atom. The Labute approximate surface area is 103 Å². The van der Waals surface area contributed by atoms with Gasteiger partial charge in [-0.15, -0.1) is 0 Å². The molecule has 3 N–H and O–H groups in total. The Morgan fingerprint density at radius 3 is 2.76 bits per heavy atom. The molecule has 17 heavy (non-hydrogen) atoms. The van der Waals surface area contributed by atoms with Crippen LogP contribution in [0, 0.1) is 6.92 Å². The third kappa shape index (κ3) is 4.00. The van der Waals surface area contributed by atoms with Gasteiger partial charge in [-0.3, -0.25) is 11.3 Å². The van der Waals surface area contributed by atoms with Crippen LogP contribution in [0.4, 0.5) is 0 Å². The largest absolute Gasteiger partial charge is 0.496 e. The number of ether oxygens (including phenoxy) is 2. The summed E-state index contributed by atoms with van der Waals surface area (Å²) >= 11 is 0. The van der Waals surface area contributed by atoms with Crippen molar-refractivity contribution in [2.24, 2.45) is 5.84 Å². The van der Waals surface area contributed by atoms with E-state index in [1.165, 1.54) is 5.56 Å². The number of nitrogens with two attached hydrogens (primary N) is 1. The Morgan fingerprint density at radius 2 is 2.18 bits per heavy atom. The normalized spacial score (nSPS) is 12.5. The van der Waals surface area contributed by atoms with Crippen molar-refractivity contribution in [1.82, 2.24) is 5.43 Å². The molecular weight excluding hydrogens is 216 g/mol. The smallest absolute Gasteiger partial charge is 0.123 e. The van der Waals surface area contributed by atoms with Crippen LogP contribution in [-0.4, -0.2) is 20.3 Å². The highest BCUT2D eigenvalue weighted by molar-refractivity contribution is 5.39. The minimum atomic E-state index is 0.0522. The number of methoxy groups -OCH3 is 1. The van der Waals surface area contributed by atoms with E-state index in [9.17, 15) is 0 Å². The molecule has 1 rings (SSSR count). The minimum Gasteiger partial charge on any atom is -0.496 e.